The van der Waals surface area contributed by atoms with Crippen molar-refractivity contribution in [2.45, 2.75) is 32.8 Å². The SMILES string of the molecule is C=CCCC(O)CN(C)c1c(C)noc1C. The van der Waals surface area contributed by atoms with E-state index in [9.17, 15) is 5.11 Å². The lowest BCUT2D eigenvalue weighted by Gasteiger charge is -2.21. The van der Waals surface area contributed by atoms with Crippen LogP contribution in [-0.4, -0.2) is 30.0 Å². The van der Waals surface area contributed by atoms with Gasteiger partial charge in [0.15, 0.2) is 5.76 Å². The number of aromatic nitrogens is 1. The number of nitrogens with zero attached hydrogens (tertiary/aromatic N) is 2. The van der Waals surface area contributed by atoms with Gasteiger partial charge in [0.2, 0.25) is 0 Å². The Hall–Kier alpha value is -1.29. The van der Waals surface area contributed by atoms with Gasteiger partial charge in [-0.25, -0.2) is 0 Å². The molecule has 0 radical (unpaired) electrons. The summed E-state index contributed by atoms with van der Waals surface area (Å²) >= 11 is 0. The number of hydrogen-bond donors (Lipinski definition) is 1. The highest BCUT2D eigenvalue weighted by Gasteiger charge is 2.16. The van der Waals surface area contributed by atoms with Crippen molar-refractivity contribution >= 4 is 5.69 Å². The number of allylic oxidation sites excluding steroid dienone is 1. The number of aryl methyl sites for hydroxylation is 2. The van der Waals surface area contributed by atoms with E-state index in [1.165, 1.54) is 0 Å². The van der Waals surface area contributed by atoms with E-state index in [1.807, 2.05) is 31.9 Å². The summed E-state index contributed by atoms with van der Waals surface area (Å²) in [6, 6.07) is 0. The van der Waals surface area contributed by atoms with Gasteiger partial charge in [0.05, 0.1) is 6.10 Å². The standard InChI is InChI=1S/C12H20N2O2/c1-5-6-7-11(15)8-14(4)12-9(2)13-16-10(12)3/h5,11,15H,1,6-8H2,2-4H3. The van der Waals surface area contributed by atoms with Crippen molar-refractivity contribution < 1.29 is 9.63 Å². The van der Waals surface area contributed by atoms with Crippen molar-refractivity contribution in [3.63, 3.8) is 0 Å². The molecule has 1 N–H and O–H groups in total. The van der Waals surface area contributed by atoms with Crippen molar-refractivity contribution in [2.75, 3.05) is 18.5 Å². The van der Waals surface area contributed by atoms with Crippen molar-refractivity contribution in [1.29, 1.82) is 0 Å². The summed E-state index contributed by atoms with van der Waals surface area (Å²) in [5, 5.41) is 13.7. The Morgan fingerprint density at radius 3 is 2.75 bits per heavy atom. The third-order valence-corrected chi connectivity index (χ3v) is 2.57. The maximum absolute atomic E-state index is 9.79. The quantitative estimate of drug-likeness (QED) is 0.751. The number of hydrogen-bond acceptors (Lipinski definition) is 4. The van der Waals surface area contributed by atoms with E-state index >= 15 is 0 Å². The maximum atomic E-state index is 9.79. The molecule has 1 rings (SSSR count). The molecule has 1 atom stereocenters. The summed E-state index contributed by atoms with van der Waals surface area (Å²) in [7, 11) is 1.93. The smallest absolute Gasteiger partial charge is 0.157 e. The minimum atomic E-state index is -0.350. The molecule has 1 aromatic heterocycles. The van der Waals surface area contributed by atoms with Crippen molar-refractivity contribution in [1.82, 2.24) is 5.16 Å². The molecule has 0 aromatic carbocycles. The Kier molecular flexibility index (Phi) is 4.55. The normalized spacial score (nSPS) is 12.5. The highest BCUT2D eigenvalue weighted by molar-refractivity contribution is 5.52. The summed E-state index contributed by atoms with van der Waals surface area (Å²) in [4.78, 5) is 1.98. The first kappa shape index (κ1) is 12.8. The van der Waals surface area contributed by atoms with Crippen LogP contribution in [-0.2, 0) is 0 Å². The second-order valence-corrected chi connectivity index (χ2v) is 4.07. The van der Waals surface area contributed by atoms with Gasteiger partial charge in [-0.05, 0) is 26.7 Å². The lowest BCUT2D eigenvalue weighted by molar-refractivity contribution is 0.172. The Morgan fingerprint density at radius 1 is 1.56 bits per heavy atom. The van der Waals surface area contributed by atoms with Gasteiger partial charge in [0.1, 0.15) is 11.4 Å². The number of aliphatic hydroxyl groups is 1. The molecule has 0 aliphatic rings. The molecule has 4 nitrogen and oxygen atoms in total. The van der Waals surface area contributed by atoms with Gasteiger partial charge in [-0.1, -0.05) is 11.2 Å². The van der Waals surface area contributed by atoms with Gasteiger partial charge in [-0.3, -0.25) is 0 Å². The zero-order valence-electron chi connectivity index (χ0n) is 10.2. The summed E-state index contributed by atoms with van der Waals surface area (Å²) in [5.41, 5.74) is 1.83. The van der Waals surface area contributed by atoms with E-state index in [0.29, 0.717) is 6.54 Å². The van der Waals surface area contributed by atoms with Gasteiger partial charge >= 0.3 is 0 Å². The first-order valence-corrected chi connectivity index (χ1v) is 5.49. The van der Waals surface area contributed by atoms with Crippen LogP contribution >= 0.6 is 0 Å². The van der Waals surface area contributed by atoms with Crippen LogP contribution in [0.2, 0.25) is 0 Å². The highest BCUT2D eigenvalue weighted by atomic mass is 16.5. The lowest BCUT2D eigenvalue weighted by Crippen LogP contribution is -2.29. The summed E-state index contributed by atoms with van der Waals surface area (Å²) in [5.74, 6) is 0.788. The molecule has 1 unspecified atom stereocenters. The average molecular weight is 224 g/mol. The maximum Gasteiger partial charge on any atom is 0.157 e. The van der Waals surface area contributed by atoms with Crippen molar-refractivity contribution in [3.8, 4) is 0 Å². The molecule has 0 bridgehead atoms. The van der Waals surface area contributed by atoms with Crippen LogP contribution in [0.15, 0.2) is 17.2 Å². The Morgan fingerprint density at radius 2 is 2.25 bits per heavy atom. The molecular formula is C12H20N2O2. The molecule has 90 valence electrons. The summed E-state index contributed by atoms with van der Waals surface area (Å²) in [6.45, 7) is 8.00. The third-order valence-electron chi connectivity index (χ3n) is 2.57. The van der Waals surface area contributed by atoms with Gasteiger partial charge in [-0.15, -0.1) is 6.58 Å². The van der Waals surface area contributed by atoms with E-state index < -0.39 is 0 Å². The van der Waals surface area contributed by atoms with Crippen molar-refractivity contribution in [2.24, 2.45) is 0 Å². The number of anilines is 1. The Balaban J connectivity index is 2.58. The number of aliphatic hydroxyl groups excluding tert-OH is 1. The third kappa shape index (κ3) is 3.10. The van der Waals surface area contributed by atoms with E-state index in [1.54, 1.807) is 0 Å². The van der Waals surface area contributed by atoms with E-state index in [4.69, 9.17) is 4.52 Å². The van der Waals surface area contributed by atoms with E-state index in [0.717, 1.165) is 30.0 Å². The van der Waals surface area contributed by atoms with Crippen LogP contribution in [0.5, 0.6) is 0 Å². The molecule has 1 heterocycles. The fourth-order valence-electron chi connectivity index (χ4n) is 1.83. The van der Waals surface area contributed by atoms with Gasteiger partial charge < -0.3 is 14.5 Å². The van der Waals surface area contributed by atoms with Crippen molar-refractivity contribution in [3.05, 3.63) is 24.1 Å². The second-order valence-electron chi connectivity index (χ2n) is 4.07. The molecular weight excluding hydrogens is 204 g/mol. The molecule has 0 aliphatic carbocycles. The molecule has 0 saturated heterocycles. The Bertz CT molecular complexity index is 327. The summed E-state index contributed by atoms with van der Waals surface area (Å²) in [6.07, 6.45) is 3.03. The molecule has 16 heavy (non-hydrogen) atoms. The van der Waals surface area contributed by atoms with E-state index in [-0.39, 0.29) is 6.10 Å². The van der Waals surface area contributed by atoms with Crippen LogP contribution in [0, 0.1) is 13.8 Å². The molecule has 0 amide bonds. The predicted molar refractivity (Wildman–Crippen MR) is 64.7 cm³/mol. The first-order valence-electron chi connectivity index (χ1n) is 5.49. The predicted octanol–water partition coefficient (Wildman–Crippen LogP) is 2.05. The van der Waals surface area contributed by atoms with Crippen LogP contribution in [0.4, 0.5) is 5.69 Å². The van der Waals surface area contributed by atoms with Gasteiger partial charge in [-0.2, -0.15) is 0 Å². The monoisotopic (exact) mass is 224 g/mol. The number of rotatable bonds is 6. The molecule has 0 saturated carbocycles. The molecule has 0 fully saturated rings. The minimum absolute atomic E-state index is 0.350. The van der Waals surface area contributed by atoms with Gasteiger partial charge in [0, 0.05) is 13.6 Å². The van der Waals surface area contributed by atoms with Crippen LogP contribution in [0.1, 0.15) is 24.3 Å². The minimum Gasteiger partial charge on any atom is -0.391 e. The first-order chi connectivity index (χ1) is 7.56. The van der Waals surface area contributed by atoms with E-state index in [2.05, 4.69) is 11.7 Å². The van der Waals surface area contributed by atoms with Crippen LogP contribution in [0.25, 0.3) is 0 Å². The summed E-state index contributed by atoms with van der Waals surface area (Å²) < 4.78 is 5.09. The van der Waals surface area contributed by atoms with Crippen LogP contribution < -0.4 is 4.90 Å². The average Bonchev–Trinajstić information content (AvgIpc) is 2.55. The van der Waals surface area contributed by atoms with Crippen LogP contribution in [0.3, 0.4) is 0 Å². The second kappa shape index (κ2) is 5.70. The molecule has 1 aromatic rings. The molecule has 0 spiro atoms. The molecule has 4 heteroatoms. The molecule has 0 aliphatic heterocycles. The zero-order chi connectivity index (χ0) is 12.1. The fourth-order valence-corrected chi connectivity index (χ4v) is 1.83. The number of likely N-dealkylation sites (N-methyl/N-ethyl adjacent to an activating group) is 1. The highest BCUT2D eigenvalue weighted by Crippen LogP contribution is 2.23. The zero-order valence-corrected chi connectivity index (χ0v) is 10.2. The largest absolute Gasteiger partial charge is 0.391 e. The topological polar surface area (TPSA) is 49.5 Å². The Labute approximate surface area is 96.5 Å². The fraction of sp³-hybridized carbons (Fsp3) is 0.583. The van der Waals surface area contributed by atoms with Gasteiger partial charge in [0.25, 0.3) is 0 Å². The lowest BCUT2D eigenvalue weighted by atomic mass is 10.2.